The number of benzene rings is 1. The number of amides is 2. The molecule has 0 atom stereocenters. The molecular formula is C28H25F2N5O3. The van der Waals surface area contributed by atoms with E-state index in [-0.39, 0.29) is 44.3 Å². The van der Waals surface area contributed by atoms with Gasteiger partial charge in [0.1, 0.15) is 17.2 Å². The van der Waals surface area contributed by atoms with E-state index < -0.39 is 5.92 Å². The SMILES string of the molecule is Nc1ccc(C=CC(=O)NCc2cc3ccc(-c4ccc(C(=O)N5CCC(F)(F)CC5)cn4)cc3o2)cn1. The van der Waals surface area contributed by atoms with Crippen LogP contribution < -0.4 is 11.1 Å². The Bertz CT molecular complexity index is 1490. The molecule has 8 nitrogen and oxygen atoms in total. The van der Waals surface area contributed by atoms with Gasteiger partial charge in [-0.05, 0) is 48.0 Å². The zero-order chi connectivity index (χ0) is 26.7. The Morgan fingerprint density at radius 1 is 1.05 bits per heavy atom. The van der Waals surface area contributed by atoms with Gasteiger partial charge in [0.05, 0.1) is 17.8 Å². The number of rotatable bonds is 6. The van der Waals surface area contributed by atoms with Crippen molar-refractivity contribution in [2.24, 2.45) is 0 Å². The fourth-order valence-corrected chi connectivity index (χ4v) is 4.16. The molecule has 10 heteroatoms. The number of nitrogen functional groups attached to an aromatic ring is 1. The summed E-state index contributed by atoms with van der Waals surface area (Å²) in [5.41, 5.74) is 8.74. The zero-order valence-corrected chi connectivity index (χ0v) is 20.4. The average Bonchev–Trinajstić information content (AvgIpc) is 3.33. The molecule has 38 heavy (non-hydrogen) atoms. The van der Waals surface area contributed by atoms with Crippen LogP contribution in [0.1, 0.15) is 34.5 Å². The van der Waals surface area contributed by atoms with Crippen LogP contribution in [0.4, 0.5) is 14.6 Å². The van der Waals surface area contributed by atoms with Crippen molar-refractivity contribution in [1.29, 1.82) is 0 Å². The first-order chi connectivity index (χ1) is 18.3. The van der Waals surface area contributed by atoms with Gasteiger partial charge >= 0.3 is 0 Å². The molecule has 0 saturated carbocycles. The molecular weight excluding hydrogens is 492 g/mol. The maximum Gasteiger partial charge on any atom is 0.255 e. The number of pyridine rings is 2. The van der Waals surface area contributed by atoms with E-state index in [1.165, 1.54) is 17.2 Å². The lowest BCUT2D eigenvalue weighted by molar-refractivity contribution is -0.116. The number of carbonyl (C=O) groups is 2. The first-order valence-electron chi connectivity index (χ1n) is 12.1. The largest absolute Gasteiger partial charge is 0.459 e. The molecule has 194 valence electrons. The van der Waals surface area contributed by atoms with E-state index in [1.54, 1.807) is 36.5 Å². The molecule has 1 aliphatic rings. The molecule has 1 saturated heterocycles. The highest BCUT2D eigenvalue weighted by atomic mass is 19.3. The summed E-state index contributed by atoms with van der Waals surface area (Å²) >= 11 is 0. The highest BCUT2D eigenvalue weighted by Crippen LogP contribution is 2.29. The van der Waals surface area contributed by atoms with Gasteiger partial charge in [0.2, 0.25) is 5.91 Å². The van der Waals surface area contributed by atoms with E-state index >= 15 is 0 Å². The monoisotopic (exact) mass is 517 g/mol. The van der Waals surface area contributed by atoms with Crippen LogP contribution in [0.25, 0.3) is 28.3 Å². The van der Waals surface area contributed by atoms with E-state index in [0.717, 1.165) is 16.5 Å². The molecule has 0 spiro atoms. The third-order valence-corrected chi connectivity index (χ3v) is 6.33. The number of nitrogens with zero attached hydrogens (tertiary/aromatic N) is 3. The second-order valence-corrected chi connectivity index (χ2v) is 9.11. The number of piperidine rings is 1. The fraction of sp³-hybridized carbons (Fsp3) is 0.214. The molecule has 4 heterocycles. The topological polar surface area (TPSA) is 114 Å². The fourth-order valence-electron chi connectivity index (χ4n) is 4.16. The summed E-state index contributed by atoms with van der Waals surface area (Å²) in [6.07, 6.45) is 5.45. The van der Waals surface area contributed by atoms with Crippen molar-refractivity contribution in [1.82, 2.24) is 20.2 Å². The third kappa shape index (κ3) is 5.86. The lowest BCUT2D eigenvalue weighted by atomic mass is 10.1. The van der Waals surface area contributed by atoms with E-state index in [4.69, 9.17) is 10.2 Å². The number of furan rings is 1. The Hall–Kier alpha value is -4.60. The quantitative estimate of drug-likeness (QED) is 0.359. The van der Waals surface area contributed by atoms with Gasteiger partial charge < -0.3 is 20.4 Å². The maximum absolute atomic E-state index is 13.4. The highest BCUT2D eigenvalue weighted by Gasteiger charge is 2.35. The smallest absolute Gasteiger partial charge is 0.255 e. The van der Waals surface area contributed by atoms with Crippen molar-refractivity contribution in [3.8, 4) is 11.3 Å². The Balaban J connectivity index is 1.21. The molecule has 2 amide bonds. The lowest BCUT2D eigenvalue weighted by Crippen LogP contribution is -2.42. The molecule has 1 fully saturated rings. The number of hydrogen-bond donors (Lipinski definition) is 2. The van der Waals surface area contributed by atoms with Crippen LogP contribution in [-0.4, -0.2) is 45.7 Å². The molecule has 3 aromatic heterocycles. The standard InChI is InChI=1S/C28H25F2N5O3/c29-28(30)9-11-35(12-10-28)27(37)21-5-6-23(32-16-21)19-3-4-20-13-22(38-24(20)14-19)17-34-26(36)8-2-18-1-7-25(31)33-15-18/h1-8,13-16H,9-12,17H2,(H2,31,33)(H,34,36). The number of fused-ring (bicyclic) bond motifs is 1. The number of aromatic nitrogens is 2. The predicted octanol–water partition coefficient (Wildman–Crippen LogP) is 4.67. The van der Waals surface area contributed by atoms with Crippen LogP contribution in [0, 0.1) is 0 Å². The number of carbonyl (C=O) groups excluding carboxylic acids is 2. The minimum Gasteiger partial charge on any atom is -0.459 e. The van der Waals surface area contributed by atoms with Crippen LogP contribution in [0.15, 0.2) is 71.4 Å². The number of alkyl halides is 2. The van der Waals surface area contributed by atoms with Crippen LogP contribution in [0.2, 0.25) is 0 Å². The Kier molecular flexibility index (Phi) is 6.87. The average molecular weight is 518 g/mol. The number of hydrogen-bond acceptors (Lipinski definition) is 6. The van der Waals surface area contributed by atoms with Crippen LogP contribution >= 0.6 is 0 Å². The predicted molar refractivity (Wildman–Crippen MR) is 139 cm³/mol. The molecule has 4 aromatic rings. The van der Waals surface area contributed by atoms with Crippen molar-refractivity contribution in [2.75, 3.05) is 18.8 Å². The van der Waals surface area contributed by atoms with Gasteiger partial charge in [0.25, 0.3) is 11.8 Å². The van der Waals surface area contributed by atoms with Crippen molar-refractivity contribution < 1.29 is 22.8 Å². The first-order valence-corrected chi connectivity index (χ1v) is 12.1. The van der Waals surface area contributed by atoms with E-state index in [9.17, 15) is 18.4 Å². The minimum atomic E-state index is -2.71. The van der Waals surface area contributed by atoms with Crippen molar-refractivity contribution in [3.63, 3.8) is 0 Å². The third-order valence-electron chi connectivity index (χ3n) is 6.33. The van der Waals surface area contributed by atoms with Gasteiger partial charge in [-0.2, -0.15) is 0 Å². The van der Waals surface area contributed by atoms with Crippen molar-refractivity contribution >= 4 is 34.7 Å². The van der Waals surface area contributed by atoms with E-state index in [2.05, 4.69) is 15.3 Å². The summed E-state index contributed by atoms with van der Waals surface area (Å²) in [5, 5.41) is 3.65. The van der Waals surface area contributed by atoms with Crippen LogP contribution in [0.5, 0.6) is 0 Å². The highest BCUT2D eigenvalue weighted by molar-refractivity contribution is 5.94. The number of likely N-dealkylation sites (tertiary alicyclic amines) is 1. The minimum absolute atomic E-state index is 0.0296. The molecule has 0 aliphatic carbocycles. The summed E-state index contributed by atoms with van der Waals surface area (Å²) in [6, 6.07) is 14.3. The summed E-state index contributed by atoms with van der Waals surface area (Å²) in [4.78, 5) is 34.6. The van der Waals surface area contributed by atoms with Crippen molar-refractivity contribution in [3.05, 3.63) is 83.9 Å². The van der Waals surface area contributed by atoms with Gasteiger partial charge in [-0.15, -0.1) is 0 Å². The molecule has 1 aromatic carbocycles. The molecule has 0 unspecified atom stereocenters. The zero-order valence-electron chi connectivity index (χ0n) is 20.4. The first kappa shape index (κ1) is 25.1. The van der Waals surface area contributed by atoms with E-state index in [0.29, 0.717) is 28.4 Å². The van der Waals surface area contributed by atoms with Gasteiger partial charge in [-0.25, -0.2) is 13.8 Å². The summed E-state index contributed by atoms with van der Waals surface area (Å²) in [5.74, 6) is -2.28. The number of halogens is 2. The lowest BCUT2D eigenvalue weighted by Gasteiger charge is -2.31. The molecule has 0 radical (unpaired) electrons. The van der Waals surface area contributed by atoms with Gasteiger partial charge in [0, 0.05) is 55.4 Å². The van der Waals surface area contributed by atoms with E-state index in [1.807, 2.05) is 24.3 Å². The molecule has 0 bridgehead atoms. The van der Waals surface area contributed by atoms with Gasteiger partial charge in [0.15, 0.2) is 0 Å². The second kappa shape index (κ2) is 10.4. The molecule has 1 aliphatic heterocycles. The number of nitrogens with one attached hydrogen (secondary N) is 1. The van der Waals surface area contributed by atoms with Gasteiger partial charge in [-0.3, -0.25) is 14.6 Å². The summed E-state index contributed by atoms with van der Waals surface area (Å²) < 4.78 is 32.7. The molecule has 3 N–H and O–H groups in total. The Labute approximate surface area is 217 Å². The van der Waals surface area contributed by atoms with Crippen LogP contribution in [0.3, 0.4) is 0 Å². The van der Waals surface area contributed by atoms with Crippen molar-refractivity contribution in [2.45, 2.75) is 25.3 Å². The molecule has 5 rings (SSSR count). The number of anilines is 1. The van der Waals surface area contributed by atoms with Gasteiger partial charge in [-0.1, -0.05) is 12.1 Å². The Morgan fingerprint density at radius 2 is 1.87 bits per heavy atom. The Morgan fingerprint density at radius 3 is 2.58 bits per heavy atom. The summed E-state index contributed by atoms with van der Waals surface area (Å²) in [6.45, 7) is 0.272. The maximum atomic E-state index is 13.4. The van der Waals surface area contributed by atoms with Crippen LogP contribution in [-0.2, 0) is 11.3 Å². The summed E-state index contributed by atoms with van der Waals surface area (Å²) in [7, 11) is 0. The normalized spacial score (nSPS) is 15.2. The second-order valence-electron chi connectivity index (χ2n) is 9.11. The number of nitrogens with two attached hydrogens (primary N) is 1.